The summed E-state index contributed by atoms with van der Waals surface area (Å²) in [6.45, 7) is 2.39. The van der Waals surface area contributed by atoms with Gasteiger partial charge in [-0.15, -0.1) is 11.3 Å². The van der Waals surface area contributed by atoms with Gasteiger partial charge in [0.15, 0.2) is 11.5 Å². The Balaban J connectivity index is 1.71. The van der Waals surface area contributed by atoms with Crippen LogP contribution in [-0.4, -0.2) is 44.7 Å². The number of rotatable bonds is 6. The summed E-state index contributed by atoms with van der Waals surface area (Å²) in [5.41, 5.74) is 1.17. The molecule has 1 aliphatic rings. The van der Waals surface area contributed by atoms with Gasteiger partial charge in [-0.05, 0) is 35.6 Å². The topological polar surface area (TPSA) is 50.8 Å². The molecule has 0 bridgehead atoms. The van der Waals surface area contributed by atoms with Gasteiger partial charge in [0.05, 0.1) is 14.2 Å². The molecule has 1 aromatic heterocycles. The van der Waals surface area contributed by atoms with E-state index in [1.165, 1.54) is 5.56 Å². The van der Waals surface area contributed by atoms with Crippen LogP contribution in [0, 0.1) is 0 Å². The van der Waals surface area contributed by atoms with Crippen LogP contribution >= 0.6 is 11.3 Å². The van der Waals surface area contributed by atoms with Crippen molar-refractivity contribution >= 4 is 17.2 Å². The number of piperazine rings is 1. The second kappa shape index (κ2) is 7.68. The predicted molar refractivity (Wildman–Crippen MR) is 94.9 cm³/mol. The molecule has 0 saturated carbocycles. The summed E-state index contributed by atoms with van der Waals surface area (Å²) in [5, 5.41) is 4.99. The highest BCUT2D eigenvalue weighted by molar-refractivity contribution is 7.10. The Hall–Kier alpha value is -2.05. The predicted octanol–water partition coefficient (Wildman–Crippen LogP) is 2.48. The zero-order chi connectivity index (χ0) is 16.9. The van der Waals surface area contributed by atoms with Gasteiger partial charge < -0.3 is 14.8 Å². The fourth-order valence-electron chi connectivity index (χ4n) is 3.02. The van der Waals surface area contributed by atoms with E-state index in [0.29, 0.717) is 6.54 Å². The number of hydrogen-bond donors (Lipinski definition) is 1. The summed E-state index contributed by atoms with van der Waals surface area (Å²) >= 11 is 1.63. The molecule has 6 heteroatoms. The Morgan fingerprint density at radius 3 is 2.79 bits per heavy atom. The molecule has 2 aromatic rings. The monoisotopic (exact) mass is 346 g/mol. The smallest absolute Gasteiger partial charge is 0.242 e. The minimum Gasteiger partial charge on any atom is -0.493 e. The molecule has 5 nitrogen and oxygen atoms in total. The van der Waals surface area contributed by atoms with Crippen molar-refractivity contribution in [2.24, 2.45) is 0 Å². The highest BCUT2D eigenvalue weighted by Crippen LogP contribution is 2.29. The molecule has 0 radical (unpaired) electrons. The summed E-state index contributed by atoms with van der Waals surface area (Å²) in [7, 11) is 3.28. The number of methoxy groups -OCH3 is 2. The third kappa shape index (κ3) is 3.55. The van der Waals surface area contributed by atoms with Gasteiger partial charge in [0, 0.05) is 24.5 Å². The lowest BCUT2D eigenvalue weighted by molar-refractivity contribution is -0.129. The number of ether oxygens (including phenoxy) is 2. The minimum atomic E-state index is -0.182. The normalized spacial score (nSPS) is 18.2. The molecule has 1 aromatic carbocycles. The van der Waals surface area contributed by atoms with Crippen LogP contribution in [-0.2, 0) is 11.2 Å². The number of nitrogens with zero attached hydrogens (tertiary/aromatic N) is 1. The van der Waals surface area contributed by atoms with Gasteiger partial charge in [-0.25, -0.2) is 0 Å². The van der Waals surface area contributed by atoms with Crippen LogP contribution in [0.4, 0.5) is 0 Å². The Morgan fingerprint density at radius 1 is 1.25 bits per heavy atom. The zero-order valence-corrected chi connectivity index (χ0v) is 14.8. The van der Waals surface area contributed by atoms with Gasteiger partial charge in [-0.1, -0.05) is 12.1 Å². The van der Waals surface area contributed by atoms with Crippen LogP contribution in [0.15, 0.2) is 35.7 Å². The van der Waals surface area contributed by atoms with Crippen molar-refractivity contribution in [3.05, 3.63) is 46.2 Å². The number of carbonyl (C=O) groups excluding carboxylic acids is 1. The first-order valence-corrected chi connectivity index (χ1v) is 8.87. The third-order valence-electron chi connectivity index (χ3n) is 4.26. The van der Waals surface area contributed by atoms with Gasteiger partial charge in [0.1, 0.15) is 6.04 Å². The van der Waals surface area contributed by atoms with Crippen molar-refractivity contribution in [3.8, 4) is 11.5 Å². The van der Waals surface area contributed by atoms with Crippen molar-refractivity contribution < 1.29 is 14.3 Å². The van der Waals surface area contributed by atoms with Gasteiger partial charge in [-0.3, -0.25) is 9.69 Å². The van der Waals surface area contributed by atoms with Crippen LogP contribution < -0.4 is 14.8 Å². The number of benzene rings is 1. The van der Waals surface area contributed by atoms with Crippen LogP contribution in [0.2, 0.25) is 0 Å². The molecule has 1 fully saturated rings. The van der Waals surface area contributed by atoms with Crippen LogP contribution in [0.25, 0.3) is 0 Å². The first-order valence-electron chi connectivity index (χ1n) is 7.99. The SMILES string of the molecule is COc1ccc(CCN2CCNC(=O)C2c2cccs2)cc1OC. The molecule has 1 atom stereocenters. The number of carbonyl (C=O) groups is 1. The van der Waals surface area contributed by atoms with E-state index >= 15 is 0 Å². The first kappa shape index (κ1) is 16.8. The molecule has 1 amide bonds. The van der Waals surface area contributed by atoms with Crippen molar-refractivity contribution in [1.82, 2.24) is 10.2 Å². The summed E-state index contributed by atoms with van der Waals surface area (Å²) in [6, 6.07) is 9.82. The first-order chi connectivity index (χ1) is 11.7. The fraction of sp³-hybridized carbons (Fsp3) is 0.389. The van der Waals surface area contributed by atoms with Gasteiger partial charge >= 0.3 is 0 Å². The maximum absolute atomic E-state index is 12.3. The standard InChI is InChI=1S/C18H22N2O3S/c1-22-14-6-5-13(12-15(14)23-2)7-9-20-10-8-19-18(21)17(20)16-4-3-11-24-16/h3-6,11-12,17H,7-10H2,1-2H3,(H,19,21). The number of nitrogens with one attached hydrogen (secondary N) is 1. The second-order valence-electron chi connectivity index (χ2n) is 5.68. The molecule has 1 aliphatic heterocycles. The lowest BCUT2D eigenvalue weighted by Gasteiger charge is -2.34. The Morgan fingerprint density at radius 2 is 2.08 bits per heavy atom. The average Bonchev–Trinajstić information content (AvgIpc) is 3.13. The van der Waals surface area contributed by atoms with E-state index in [2.05, 4.69) is 10.2 Å². The van der Waals surface area contributed by atoms with E-state index in [9.17, 15) is 4.79 Å². The van der Waals surface area contributed by atoms with Gasteiger partial charge in [0.2, 0.25) is 5.91 Å². The quantitative estimate of drug-likeness (QED) is 0.873. The number of hydrogen-bond acceptors (Lipinski definition) is 5. The van der Waals surface area contributed by atoms with E-state index in [4.69, 9.17) is 9.47 Å². The summed E-state index contributed by atoms with van der Waals surface area (Å²) in [4.78, 5) is 15.7. The van der Waals surface area contributed by atoms with Crippen molar-refractivity contribution in [1.29, 1.82) is 0 Å². The van der Waals surface area contributed by atoms with Gasteiger partial charge in [-0.2, -0.15) is 0 Å². The number of thiophene rings is 1. The van der Waals surface area contributed by atoms with Crippen LogP contribution in [0.1, 0.15) is 16.5 Å². The maximum Gasteiger partial charge on any atom is 0.242 e. The molecular weight excluding hydrogens is 324 g/mol. The summed E-state index contributed by atoms with van der Waals surface area (Å²) < 4.78 is 10.6. The van der Waals surface area contributed by atoms with Crippen LogP contribution in [0.5, 0.6) is 11.5 Å². The fourth-order valence-corrected chi connectivity index (χ4v) is 3.88. The summed E-state index contributed by atoms with van der Waals surface area (Å²) in [6.07, 6.45) is 0.857. The molecule has 0 aliphatic carbocycles. The van der Waals surface area contributed by atoms with Crippen molar-refractivity contribution in [3.63, 3.8) is 0 Å². The van der Waals surface area contributed by atoms with E-state index in [-0.39, 0.29) is 11.9 Å². The van der Waals surface area contributed by atoms with Gasteiger partial charge in [0.25, 0.3) is 0 Å². The zero-order valence-electron chi connectivity index (χ0n) is 14.0. The maximum atomic E-state index is 12.3. The lowest BCUT2D eigenvalue weighted by Crippen LogP contribution is -2.50. The molecule has 1 N–H and O–H groups in total. The Kier molecular flexibility index (Phi) is 5.37. The highest BCUT2D eigenvalue weighted by atomic mass is 32.1. The minimum absolute atomic E-state index is 0.0935. The molecule has 0 spiro atoms. The van der Waals surface area contributed by atoms with E-state index in [1.807, 2.05) is 35.7 Å². The van der Waals surface area contributed by atoms with Crippen molar-refractivity contribution in [2.75, 3.05) is 33.9 Å². The largest absolute Gasteiger partial charge is 0.493 e. The average molecular weight is 346 g/mol. The molecule has 1 unspecified atom stereocenters. The lowest BCUT2D eigenvalue weighted by atomic mass is 10.1. The second-order valence-corrected chi connectivity index (χ2v) is 6.66. The molecule has 128 valence electrons. The molecule has 3 rings (SSSR count). The highest BCUT2D eigenvalue weighted by Gasteiger charge is 2.31. The van der Waals surface area contributed by atoms with Crippen LogP contribution in [0.3, 0.4) is 0 Å². The molecule has 1 saturated heterocycles. The van der Waals surface area contributed by atoms with E-state index in [1.54, 1.807) is 25.6 Å². The third-order valence-corrected chi connectivity index (χ3v) is 5.18. The summed E-state index contributed by atoms with van der Waals surface area (Å²) in [5.74, 6) is 1.56. The Bertz CT molecular complexity index is 688. The van der Waals surface area contributed by atoms with E-state index < -0.39 is 0 Å². The van der Waals surface area contributed by atoms with E-state index in [0.717, 1.165) is 35.9 Å². The van der Waals surface area contributed by atoms with Crippen molar-refractivity contribution in [2.45, 2.75) is 12.5 Å². The Labute approximate surface area is 146 Å². The molecular formula is C18H22N2O3S. The molecule has 2 heterocycles. The molecule has 24 heavy (non-hydrogen) atoms. The number of amides is 1.